The summed E-state index contributed by atoms with van der Waals surface area (Å²) in [5, 5.41) is 3.00. The Morgan fingerprint density at radius 1 is 1.00 bits per heavy atom. The molecule has 0 saturated carbocycles. The van der Waals surface area contributed by atoms with Crippen LogP contribution in [-0.2, 0) is 16.6 Å². The topological polar surface area (TPSA) is 71.1 Å². The van der Waals surface area contributed by atoms with Crippen molar-refractivity contribution in [2.24, 2.45) is 0 Å². The quantitative estimate of drug-likeness (QED) is 0.688. The van der Waals surface area contributed by atoms with Gasteiger partial charge in [0.1, 0.15) is 11.6 Å². The third-order valence-electron chi connectivity index (χ3n) is 3.82. The lowest BCUT2D eigenvalue weighted by molar-refractivity contribution is 0.600. The second-order valence-corrected chi connectivity index (χ2v) is 7.40. The number of anilines is 2. The molecule has 0 aliphatic carbocycles. The van der Waals surface area contributed by atoms with Crippen LogP contribution in [0.4, 0.5) is 15.9 Å². The number of aromatic nitrogens is 1. The second-order valence-electron chi connectivity index (χ2n) is 5.75. The molecule has 5 nitrogen and oxygen atoms in total. The summed E-state index contributed by atoms with van der Waals surface area (Å²) in [6.45, 7) is 2.02. The van der Waals surface area contributed by atoms with E-state index in [1.54, 1.807) is 61.5 Å². The number of hydrogen-bond acceptors (Lipinski definition) is 4. The molecule has 3 aromatic rings. The van der Waals surface area contributed by atoms with Crippen molar-refractivity contribution in [3.8, 4) is 0 Å². The van der Waals surface area contributed by atoms with Crippen LogP contribution in [0.5, 0.6) is 0 Å². The van der Waals surface area contributed by atoms with Gasteiger partial charge in [-0.2, -0.15) is 0 Å². The minimum Gasteiger partial charge on any atom is -0.366 e. The summed E-state index contributed by atoms with van der Waals surface area (Å²) < 4.78 is 41.0. The van der Waals surface area contributed by atoms with E-state index >= 15 is 0 Å². The lowest BCUT2D eigenvalue weighted by atomic mass is 10.2. The van der Waals surface area contributed by atoms with E-state index in [9.17, 15) is 12.8 Å². The predicted molar refractivity (Wildman–Crippen MR) is 100.0 cm³/mol. The number of nitrogens with one attached hydrogen (secondary N) is 2. The summed E-state index contributed by atoms with van der Waals surface area (Å²) in [7, 11) is -3.68. The highest BCUT2D eigenvalue weighted by atomic mass is 32.2. The Labute approximate surface area is 152 Å². The molecular formula is C19H18FN3O2S. The molecule has 3 rings (SSSR count). The van der Waals surface area contributed by atoms with E-state index in [1.807, 2.05) is 0 Å². The average Bonchev–Trinajstić information content (AvgIpc) is 2.62. The molecule has 26 heavy (non-hydrogen) atoms. The zero-order chi connectivity index (χ0) is 18.6. The first-order chi connectivity index (χ1) is 12.5. The molecule has 0 atom stereocenters. The first-order valence-corrected chi connectivity index (χ1v) is 9.46. The van der Waals surface area contributed by atoms with E-state index in [4.69, 9.17) is 0 Å². The Balaban J connectivity index is 1.68. The van der Waals surface area contributed by atoms with Crippen LogP contribution in [0.25, 0.3) is 0 Å². The Hall–Kier alpha value is -2.93. The van der Waals surface area contributed by atoms with E-state index in [1.165, 1.54) is 12.3 Å². The highest BCUT2D eigenvalue weighted by Gasteiger charge is 2.16. The molecule has 0 unspecified atom stereocenters. The SMILES string of the molecule is Cc1ccccc1S(=O)(=O)Nc1ccc(NCc2ccccc2F)nc1. The van der Waals surface area contributed by atoms with Gasteiger partial charge in [0, 0.05) is 12.1 Å². The lowest BCUT2D eigenvalue weighted by Gasteiger charge is -2.11. The number of pyridine rings is 1. The van der Waals surface area contributed by atoms with Gasteiger partial charge in [-0.1, -0.05) is 36.4 Å². The molecular weight excluding hydrogens is 353 g/mol. The first kappa shape index (κ1) is 17.9. The fourth-order valence-electron chi connectivity index (χ4n) is 2.45. The largest absolute Gasteiger partial charge is 0.366 e. The fourth-order valence-corrected chi connectivity index (χ4v) is 3.75. The van der Waals surface area contributed by atoms with Crippen molar-refractivity contribution in [3.05, 3.63) is 83.8 Å². The molecule has 0 saturated heterocycles. The highest BCUT2D eigenvalue weighted by Crippen LogP contribution is 2.19. The van der Waals surface area contributed by atoms with Gasteiger partial charge in [0.2, 0.25) is 0 Å². The Bertz CT molecular complexity index is 1010. The van der Waals surface area contributed by atoms with Crippen molar-refractivity contribution in [2.45, 2.75) is 18.4 Å². The molecule has 7 heteroatoms. The molecule has 0 bridgehead atoms. The fraction of sp³-hybridized carbons (Fsp3) is 0.105. The molecule has 2 N–H and O–H groups in total. The number of sulfonamides is 1. The van der Waals surface area contributed by atoms with Crippen LogP contribution in [0.3, 0.4) is 0 Å². The number of benzene rings is 2. The Morgan fingerprint density at radius 3 is 2.42 bits per heavy atom. The van der Waals surface area contributed by atoms with Crippen LogP contribution in [0.15, 0.2) is 71.8 Å². The smallest absolute Gasteiger partial charge is 0.262 e. The third-order valence-corrected chi connectivity index (χ3v) is 5.36. The number of hydrogen-bond donors (Lipinski definition) is 2. The van der Waals surface area contributed by atoms with Crippen molar-refractivity contribution in [3.63, 3.8) is 0 Å². The van der Waals surface area contributed by atoms with Gasteiger partial charge in [-0.3, -0.25) is 4.72 Å². The van der Waals surface area contributed by atoms with Gasteiger partial charge in [0.25, 0.3) is 10.0 Å². The van der Waals surface area contributed by atoms with E-state index in [2.05, 4.69) is 15.0 Å². The molecule has 0 amide bonds. The maximum absolute atomic E-state index is 13.6. The number of rotatable bonds is 6. The van der Waals surface area contributed by atoms with Crippen LogP contribution in [-0.4, -0.2) is 13.4 Å². The van der Waals surface area contributed by atoms with Gasteiger partial charge >= 0.3 is 0 Å². The van der Waals surface area contributed by atoms with E-state index in [-0.39, 0.29) is 17.3 Å². The van der Waals surface area contributed by atoms with Gasteiger partial charge < -0.3 is 5.32 Å². The van der Waals surface area contributed by atoms with Crippen LogP contribution in [0, 0.1) is 12.7 Å². The number of aryl methyl sites for hydroxylation is 1. The van der Waals surface area contributed by atoms with E-state index < -0.39 is 10.0 Å². The zero-order valence-corrected chi connectivity index (χ0v) is 14.9. The Kier molecular flexibility index (Phi) is 5.18. The highest BCUT2D eigenvalue weighted by molar-refractivity contribution is 7.92. The molecule has 0 aliphatic rings. The molecule has 2 aromatic carbocycles. The molecule has 0 spiro atoms. The standard InChI is InChI=1S/C19H18FN3O2S/c1-14-6-2-5-9-18(14)26(24,25)23-16-10-11-19(22-13-16)21-12-15-7-3-4-8-17(15)20/h2-11,13,23H,12H2,1H3,(H,21,22). The van der Waals surface area contributed by atoms with Crippen LogP contribution < -0.4 is 10.0 Å². The zero-order valence-electron chi connectivity index (χ0n) is 14.1. The summed E-state index contributed by atoms with van der Waals surface area (Å²) in [5.74, 6) is 0.231. The third kappa shape index (κ3) is 4.18. The minimum atomic E-state index is -3.68. The van der Waals surface area contributed by atoms with Crippen molar-refractivity contribution < 1.29 is 12.8 Å². The lowest BCUT2D eigenvalue weighted by Crippen LogP contribution is -2.14. The van der Waals surface area contributed by atoms with Crippen molar-refractivity contribution in [1.29, 1.82) is 0 Å². The van der Waals surface area contributed by atoms with Gasteiger partial charge in [-0.25, -0.2) is 17.8 Å². The molecule has 134 valence electrons. The monoisotopic (exact) mass is 371 g/mol. The van der Waals surface area contributed by atoms with Crippen LogP contribution in [0.1, 0.15) is 11.1 Å². The molecule has 0 aliphatic heterocycles. The summed E-state index contributed by atoms with van der Waals surface area (Å²) in [6, 6.07) is 16.5. The first-order valence-electron chi connectivity index (χ1n) is 7.97. The minimum absolute atomic E-state index is 0.224. The summed E-state index contributed by atoms with van der Waals surface area (Å²) >= 11 is 0. The van der Waals surface area contributed by atoms with Gasteiger partial charge in [0.15, 0.2) is 0 Å². The molecule has 0 radical (unpaired) electrons. The molecule has 1 aromatic heterocycles. The van der Waals surface area contributed by atoms with Gasteiger partial charge in [-0.15, -0.1) is 0 Å². The van der Waals surface area contributed by atoms with Crippen molar-refractivity contribution in [2.75, 3.05) is 10.0 Å². The maximum atomic E-state index is 13.6. The maximum Gasteiger partial charge on any atom is 0.262 e. The normalized spacial score (nSPS) is 11.2. The Morgan fingerprint density at radius 2 is 1.73 bits per heavy atom. The summed E-state index contributed by atoms with van der Waals surface area (Å²) in [5.41, 5.74) is 1.54. The summed E-state index contributed by atoms with van der Waals surface area (Å²) in [4.78, 5) is 4.39. The average molecular weight is 371 g/mol. The predicted octanol–water partition coefficient (Wildman–Crippen LogP) is 3.94. The van der Waals surface area contributed by atoms with E-state index in [0.717, 1.165) is 0 Å². The van der Waals surface area contributed by atoms with Crippen molar-refractivity contribution in [1.82, 2.24) is 4.98 Å². The van der Waals surface area contributed by atoms with Gasteiger partial charge in [-0.05, 0) is 36.8 Å². The van der Waals surface area contributed by atoms with E-state index in [0.29, 0.717) is 22.6 Å². The second kappa shape index (κ2) is 7.53. The van der Waals surface area contributed by atoms with Crippen LogP contribution in [0.2, 0.25) is 0 Å². The van der Waals surface area contributed by atoms with Gasteiger partial charge in [0.05, 0.1) is 16.8 Å². The van der Waals surface area contributed by atoms with Crippen LogP contribution >= 0.6 is 0 Å². The summed E-state index contributed by atoms with van der Waals surface area (Å²) in [6.07, 6.45) is 1.42. The number of halogens is 1. The van der Waals surface area contributed by atoms with Crippen molar-refractivity contribution >= 4 is 21.5 Å². The number of nitrogens with zero attached hydrogens (tertiary/aromatic N) is 1. The molecule has 0 fully saturated rings. The molecule has 1 heterocycles.